The van der Waals surface area contributed by atoms with E-state index in [4.69, 9.17) is 16.3 Å². The molecule has 0 aliphatic heterocycles. The summed E-state index contributed by atoms with van der Waals surface area (Å²) in [6.45, 7) is 3.61. The highest BCUT2D eigenvalue weighted by atomic mass is 35.5. The average molecular weight is 409 g/mol. The van der Waals surface area contributed by atoms with Gasteiger partial charge in [0, 0.05) is 22.0 Å². The third-order valence-corrected chi connectivity index (χ3v) is 4.52. The average Bonchev–Trinajstić information content (AvgIpc) is 2.68. The molecule has 0 aliphatic carbocycles. The Bertz CT molecular complexity index is 1050. The zero-order chi connectivity index (χ0) is 20.8. The standard InChI is InChI=1S/C23H21ClN2O3/c1-15-6-3-4-9-20(15)23(28)26-19-8-5-7-18(13-19)25-22(27)14-29-21-11-10-17(24)12-16(21)2/h3-13H,14H2,1-2H3,(H,25,27)(H,26,28). The van der Waals surface area contributed by atoms with Gasteiger partial charge in [0.15, 0.2) is 6.61 Å². The largest absolute Gasteiger partial charge is 0.483 e. The summed E-state index contributed by atoms with van der Waals surface area (Å²) >= 11 is 5.92. The first-order valence-corrected chi connectivity index (χ1v) is 9.46. The second kappa shape index (κ2) is 9.26. The molecule has 0 aromatic heterocycles. The van der Waals surface area contributed by atoms with Gasteiger partial charge in [-0.25, -0.2) is 0 Å². The van der Waals surface area contributed by atoms with Gasteiger partial charge < -0.3 is 15.4 Å². The summed E-state index contributed by atoms with van der Waals surface area (Å²) in [4.78, 5) is 24.7. The maximum Gasteiger partial charge on any atom is 0.262 e. The van der Waals surface area contributed by atoms with Crippen LogP contribution in [0.4, 0.5) is 11.4 Å². The molecule has 0 saturated carbocycles. The summed E-state index contributed by atoms with van der Waals surface area (Å²) in [6, 6.07) is 19.5. The second-order valence-electron chi connectivity index (χ2n) is 6.60. The van der Waals surface area contributed by atoms with E-state index in [2.05, 4.69) is 10.6 Å². The van der Waals surface area contributed by atoms with Crippen LogP contribution in [0.3, 0.4) is 0 Å². The Morgan fingerprint density at radius 1 is 0.862 bits per heavy atom. The van der Waals surface area contributed by atoms with Crippen molar-refractivity contribution in [1.82, 2.24) is 0 Å². The minimum atomic E-state index is -0.304. The van der Waals surface area contributed by atoms with Crippen LogP contribution >= 0.6 is 11.6 Å². The van der Waals surface area contributed by atoms with Crippen molar-refractivity contribution >= 4 is 34.8 Å². The second-order valence-corrected chi connectivity index (χ2v) is 7.03. The van der Waals surface area contributed by atoms with Gasteiger partial charge in [0.25, 0.3) is 11.8 Å². The quantitative estimate of drug-likeness (QED) is 0.587. The van der Waals surface area contributed by atoms with Crippen molar-refractivity contribution in [2.75, 3.05) is 17.2 Å². The number of carbonyl (C=O) groups is 2. The molecule has 0 atom stereocenters. The molecule has 3 aromatic rings. The summed E-state index contributed by atoms with van der Waals surface area (Å²) < 4.78 is 5.55. The molecular weight excluding hydrogens is 388 g/mol. The molecule has 0 spiro atoms. The van der Waals surface area contributed by atoms with E-state index in [1.165, 1.54) is 0 Å². The molecule has 148 valence electrons. The summed E-state index contributed by atoms with van der Waals surface area (Å²) in [7, 11) is 0. The number of ether oxygens (including phenoxy) is 1. The maximum atomic E-state index is 12.5. The molecule has 2 N–H and O–H groups in total. The number of nitrogens with one attached hydrogen (secondary N) is 2. The van der Waals surface area contributed by atoms with Gasteiger partial charge in [-0.3, -0.25) is 9.59 Å². The van der Waals surface area contributed by atoms with Crippen molar-refractivity contribution in [3.05, 3.63) is 88.4 Å². The molecule has 0 saturated heterocycles. The van der Waals surface area contributed by atoms with Crippen molar-refractivity contribution in [3.8, 4) is 5.75 Å². The number of amides is 2. The van der Waals surface area contributed by atoms with Crippen LogP contribution in [-0.4, -0.2) is 18.4 Å². The molecule has 29 heavy (non-hydrogen) atoms. The van der Waals surface area contributed by atoms with E-state index in [1.807, 2.05) is 32.0 Å². The molecule has 0 heterocycles. The number of rotatable bonds is 6. The maximum absolute atomic E-state index is 12.5. The predicted molar refractivity (Wildman–Crippen MR) is 116 cm³/mol. The smallest absolute Gasteiger partial charge is 0.262 e. The summed E-state index contributed by atoms with van der Waals surface area (Å²) in [5.74, 6) is 0.0960. The number of anilines is 2. The van der Waals surface area contributed by atoms with Crippen molar-refractivity contribution in [3.63, 3.8) is 0 Å². The van der Waals surface area contributed by atoms with Crippen molar-refractivity contribution < 1.29 is 14.3 Å². The molecule has 0 fully saturated rings. The third-order valence-electron chi connectivity index (χ3n) is 4.29. The monoisotopic (exact) mass is 408 g/mol. The van der Waals surface area contributed by atoms with Crippen LogP contribution in [0.5, 0.6) is 5.75 Å². The minimum absolute atomic E-state index is 0.137. The molecule has 0 radical (unpaired) electrons. The molecular formula is C23H21ClN2O3. The minimum Gasteiger partial charge on any atom is -0.483 e. The van der Waals surface area contributed by atoms with Gasteiger partial charge in [-0.15, -0.1) is 0 Å². The van der Waals surface area contributed by atoms with E-state index in [0.717, 1.165) is 11.1 Å². The number of benzene rings is 3. The molecule has 0 bridgehead atoms. The van der Waals surface area contributed by atoms with Crippen LogP contribution in [-0.2, 0) is 4.79 Å². The van der Waals surface area contributed by atoms with Crippen LogP contribution in [0.15, 0.2) is 66.7 Å². The lowest BCUT2D eigenvalue weighted by Crippen LogP contribution is -2.20. The molecule has 6 heteroatoms. The number of carbonyl (C=O) groups excluding carboxylic acids is 2. The fourth-order valence-corrected chi connectivity index (χ4v) is 3.04. The van der Waals surface area contributed by atoms with Gasteiger partial charge in [-0.1, -0.05) is 35.9 Å². The molecule has 5 nitrogen and oxygen atoms in total. The van der Waals surface area contributed by atoms with E-state index in [1.54, 1.807) is 48.5 Å². The van der Waals surface area contributed by atoms with Gasteiger partial charge in [0.2, 0.25) is 0 Å². The number of hydrogen-bond acceptors (Lipinski definition) is 3. The van der Waals surface area contributed by atoms with Gasteiger partial charge in [0.1, 0.15) is 5.75 Å². The lowest BCUT2D eigenvalue weighted by molar-refractivity contribution is -0.118. The van der Waals surface area contributed by atoms with Gasteiger partial charge >= 0.3 is 0 Å². The van der Waals surface area contributed by atoms with E-state index in [9.17, 15) is 9.59 Å². The number of hydrogen-bond donors (Lipinski definition) is 2. The summed E-state index contributed by atoms with van der Waals surface area (Å²) in [5, 5.41) is 6.23. The van der Waals surface area contributed by atoms with Crippen molar-refractivity contribution in [2.24, 2.45) is 0 Å². The lowest BCUT2D eigenvalue weighted by atomic mass is 10.1. The topological polar surface area (TPSA) is 67.4 Å². The highest BCUT2D eigenvalue weighted by Gasteiger charge is 2.10. The number of aryl methyl sites for hydroxylation is 2. The molecule has 3 aromatic carbocycles. The molecule has 3 rings (SSSR count). The summed E-state index contributed by atoms with van der Waals surface area (Å²) in [5.41, 5.74) is 3.50. The fourth-order valence-electron chi connectivity index (χ4n) is 2.82. The molecule has 0 unspecified atom stereocenters. The van der Waals surface area contributed by atoms with E-state index in [0.29, 0.717) is 27.7 Å². The Balaban J connectivity index is 1.60. The van der Waals surface area contributed by atoms with Crippen LogP contribution in [0.2, 0.25) is 5.02 Å². The van der Waals surface area contributed by atoms with Crippen LogP contribution in [0.25, 0.3) is 0 Å². The van der Waals surface area contributed by atoms with Gasteiger partial charge in [0.05, 0.1) is 0 Å². The Hall–Kier alpha value is -3.31. The normalized spacial score (nSPS) is 10.3. The Morgan fingerprint density at radius 2 is 1.59 bits per heavy atom. The Kier molecular flexibility index (Phi) is 6.52. The summed E-state index contributed by atoms with van der Waals surface area (Å²) in [6.07, 6.45) is 0. The van der Waals surface area contributed by atoms with Crippen LogP contribution in [0.1, 0.15) is 21.5 Å². The van der Waals surface area contributed by atoms with Crippen LogP contribution in [0, 0.1) is 13.8 Å². The van der Waals surface area contributed by atoms with Crippen molar-refractivity contribution in [1.29, 1.82) is 0 Å². The Morgan fingerprint density at radius 3 is 2.31 bits per heavy atom. The molecule has 2 amide bonds. The zero-order valence-electron chi connectivity index (χ0n) is 16.2. The van der Waals surface area contributed by atoms with Gasteiger partial charge in [-0.2, -0.15) is 0 Å². The van der Waals surface area contributed by atoms with Gasteiger partial charge in [-0.05, 0) is 67.4 Å². The highest BCUT2D eigenvalue weighted by molar-refractivity contribution is 6.30. The first kappa shape index (κ1) is 20.4. The number of halogens is 1. The fraction of sp³-hybridized carbons (Fsp3) is 0.130. The van der Waals surface area contributed by atoms with E-state index >= 15 is 0 Å². The zero-order valence-corrected chi connectivity index (χ0v) is 16.9. The predicted octanol–water partition coefficient (Wildman–Crippen LogP) is 5.23. The van der Waals surface area contributed by atoms with Crippen LogP contribution < -0.4 is 15.4 Å². The third kappa shape index (κ3) is 5.59. The Labute approximate surface area is 174 Å². The first-order valence-electron chi connectivity index (χ1n) is 9.08. The van der Waals surface area contributed by atoms with E-state index in [-0.39, 0.29) is 18.4 Å². The lowest BCUT2D eigenvalue weighted by Gasteiger charge is -2.11. The SMILES string of the molecule is Cc1cc(Cl)ccc1OCC(=O)Nc1cccc(NC(=O)c2ccccc2C)c1. The van der Waals surface area contributed by atoms with E-state index < -0.39 is 0 Å². The highest BCUT2D eigenvalue weighted by Crippen LogP contribution is 2.22. The first-order chi connectivity index (χ1) is 13.9. The molecule has 0 aliphatic rings. The van der Waals surface area contributed by atoms with Crippen molar-refractivity contribution in [2.45, 2.75) is 13.8 Å².